The van der Waals surface area contributed by atoms with Gasteiger partial charge in [0.2, 0.25) is 0 Å². The Morgan fingerprint density at radius 1 is 1.00 bits per heavy atom. The molecule has 242 valence electrons. The van der Waals surface area contributed by atoms with Crippen LogP contribution in [-0.4, -0.2) is 55.9 Å². The van der Waals surface area contributed by atoms with Crippen LogP contribution in [0.1, 0.15) is 91.0 Å². The summed E-state index contributed by atoms with van der Waals surface area (Å²) >= 11 is 0. The molecule has 0 heterocycles. The summed E-state index contributed by atoms with van der Waals surface area (Å²) in [5, 5.41) is 25.4. The van der Waals surface area contributed by atoms with Gasteiger partial charge in [0.25, 0.3) is 0 Å². The molecule has 4 aliphatic rings. The zero-order valence-electron chi connectivity index (χ0n) is 27.4. The van der Waals surface area contributed by atoms with Gasteiger partial charge in [-0.15, -0.1) is 0 Å². The highest BCUT2D eigenvalue weighted by molar-refractivity contribution is 5.67. The fourth-order valence-electron chi connectivity index (χ4n) is 10.9. The number of aliphatic hydroxyl groups excluding tert-OH is 2. The number of hydrogen-bond acceptors (Lipinski definition) is 6. The fourth-order valence-corrected chi connectivity index (χ4v) is 10.9. The van der Waals surface area contributed by atoms with E-state index in [4.69, 9.17) is 14.2 Å². The predicted molar refractivity (Wildman–Crippen MR) is 168 cm³/mol. The smallest absolute Gasteiger partial charge is 0.407 e. The van der Waals surface area contributed by atoms with Crippen molar-refractivity contribution in [2.45, 2.75) is 104 Å². The molecule has 3 N–H and O–H groups in total. The SMILES string of the molecule is CC[C@H]1[C@@H](O)[C@@H]2[C@H](CC[C@]3(C)[C@@H]([C@H](C)CCOC(=O)NCCc4ccc(OC)c(OC)c4)CC[C@@H]23)[C@@]2(C)CC[C@@H](O)C[C@@H]12. The van der Waals surface area contributed by atoms with Crippen LogP contribution in [0.4, 0.5) is 4.79 Å². The number of hydrogen-bond donors (Lipinski definition) is 3. The van der Waals surface area contributed by atoms with Gasteiger partial charge in [0, 0.05) is 6.54 Å². The van der Waals surface area contributed by atoms with E-state index in [2.05, 4.69) is 33.0 Å². The lowest BCUT2D eigenvalue weighted by Crippen LogP contribution is -2.62. The van der Waals surface area contributed by atoms with Crippen molar-refractivity contribution >= 4 is 6.09 Å². The average molecular weight is 600 g/mol. The zero-order chi connectivity index (χ0) is 30.9. The first-order valence-electron chi connectivity index (χ1n) is 17.0. The third-order valence-corrected chi connectivity index (χ3v) is 13.1. The van der Waals surface area contributed by atoms with Gasteiger partial charge in [-0.2, -0.15) is 0 Å². The van der Waals surface area contributed by atoms with Gasteiger partial charge in [-0.25, -0.2) is 4.79 Å². The number of benzene rings is 1. The Kier molecular flexibility index (Phi) is 9.92. The minimum Gasteiger partial charge on any atom is -0.493 e. The lowest BCUT2D eigenvalue weighted by atomic mass is 9.41. The van der Waals surface area contributed by atoms with E-state index in [0.717, 1.165) is 37.7 Å². The van der Waals surface area contributed by atoms with Crippen molar-refractivity contribution in [2.24, 2.45) is 52.3 Å². The number of methoxy groups -OCH3 is 2. The van der Waals surface area contributed by atoms with Crippen LogP contribution in [-0.2, 0) is 11.2 Å². The Labute approximate surface area is 259 Å². The van der Waals surface area contributed by atoms with Gasteiger partial charge < -0.3 is 29.7 Å². The van der Waals surface area contributed by atoms with Crippen LogP contribution in [0, 0.1) is 52.3 Å². The fraction of sp³-hybridized carbons (Fsp3) is 0.806. The molecule has 0 spiro atoms. The third kappa shape index (κ3) is 6.02. The van der Waals surface area contributed by atoms with Crippen molar-refractivity contribution in [3.05, 3.63) is 23.8 Å². The molecule has 7 nitrogen and oxygen atoms in total. The number of carbonyl (C=O) groups is 1. The van der Waals surface area contributed by atoms with Crippen LogP contribution < -0.4 is 14.8 Å². The zero-order valence-corrected chi connectivity index (χ0v) is 27.4. The van der Waals surface area contributed by atoms with Gasteiger partial charge in [0.05, 0.1) is 33.0 Å². The van der Waals surface area contributed by atoms with Crippen molar-refractivity contribution in [2.75, 3.05) is 27.4 Å². The number of alkyl carbamates (subject to hydrolysis) is 1. The van der Waals surface area contributed by atoms with E-state index in [9.17, 15) is 15.0 Å². The minimum absolute atomic E-state index is 0.205. The second-order valence-electron chi connectivity index (χ2n) is 14.9. The molecule has 4 saturated carbocycles. The molecular formula is C36H57NO6. The molecule has 4 fully saturated rings. The van der Waals surface area contributed by atoms with Gasteiger partial charge >= 0.3 is 6.09 Å². The van der Waals surface area contributed by atoms with Crippen LogP contribution in [0.25, 0.3) is 0 Å². The van der Waals surface area contributed by atoms with Gasteiger partial charge in [0.15, 0.2) is 11.5 Å². The molecule has 4 aliphatic carbocycles. The first-order valence-corrected chi connectivity index (χ1v) is 17.0. The Hall–Kier alpha value is -1.99. The summed E-state index contributed by atoms with van der Waals surface area (Å²) in [6, 6.07) is 5.79. The van der Waals surface area contributed by atoms with Crippen molar-refractivity contribution < 1.29 is 29.2 Å². The first-order chi connectivity index (χ1) is 20.6. The number of rotatable bonds is 10. The van der Waals surface area contributed by atoms with Crippen molar-refractivity contribution in [1.82, 2.24) is 5.32 Å². The Bertz CT molecular complexity index is 1110. The highest BCUT2D eigenvalue weighted by Crippen LogP contribution is 2.69. The van der Waals surface area contributed by atoms with Crippen molar-refractivity contribution in [3.63, 3.8) is 0 Å². The van der Waals surface area contributed by atoms with Gasteiger partial charge in [-0.3, -0.25) is 0 Å². The topological polar surface area (TPSA) is 97.3 Å². The van der Waals surface area contributed by atoms with Crippen LogP contribution in [0.2, 0.25) is 0 Å². The Balaban J connectivity index is 1.14. The van der Waals surface area contributed by atoms with Crippen LogP contribution >= 0.6 is 0 Å². The lowest BCUT2D eigenvalue weighted by molar-refractivity contribution is -0.203. The van der Waals surface area contributed by atoms with Crippen LogP contribution in [0.15, 0.2) is 18.2 Å². The van der Waals surface area contributed by atoms with E-state index in [-0.39, 0.29) is 29.1 Å². The lowest BCUT2D eigenvalue weighted by Gasteiger charge is -2.64. The molecule has 0 unspecified atom stereocenters. The highest BCUT2D eigenvalue weighted by Gasteiger charge is 2.64. The van der Waals surface area contributed by atoms with E-state index >= 15 is 0 Å². The second-order valence-corrected chi connectivity index (χ2v) is 14.9. The number of amides is 1. The molecule has 0 aromatic heterocycles. The Morgan fingerprint density at radius 2 is 1.72 bits per heavy atom. The van der Waals surface area contributed by atoms with Gasteiger partial charge in [-0.05, 0) is 128 Å². The van der Waals surface area contributed by atoms with E-state index in [1.165, 1.54) is 25.7 Å². The summed E-state index contributed by atoms with van der Waals surface area (Å²) in [6.45, 7) is 10.5. The normalized spacial score (nSPS) is 39.2. The monoisotopic (exact) mass is 599 g/mol. The molecule has 0 aliphatic heterocycles. The molecular weight excluding hydrogens is 542 g/mol. The summed E-state index contributed by atoms with van der Waals surface area (Å²) in [5.74, 6) is 4.61. The van der Waals surface area contributed by atoms with E-state index in [1.807, 2.05) is 18.2 Å². The molecule has 0 saturated heterocycles. The number of fused-ring (bicyclic) bond motifs is 5. The maximum absolute atomic E-state index is 12.4. The summed E-state index contributed by atoms with van der Waals surface area (Å²) in [6.07, 6.45) is 9.39. The quantitative estimate of drug-likeness (QED) is 0.280. The number of carbonyl (C=O) groups excluding carboxylic acids is 1. The third-order valence-electron chi connectivity index (χ3n) is 13.1. The molecule has 11 atom stereocenters. The van der Waals surface area contributed by atoms with Crippen molar-refractivity contribution in [1.29, 1.82) is 0 Å². The molecule has 1 amide bonds. The minimum atomic E-state index is -0.361. The molecule has 0 radical (unpaired) electrons. The van der Waals surface area contributed by atoms with Crippen molar-refractivity contribution in [3.8, 4) is 11.5 Å². The molecule has 43 heavy (non-hydrogen) atoms. The van der Waals surface area contributed by atoms with E-state index in [0.29, 0.717) is 72.5 Å². The highest BCUT2D eigenvalue weighted by atomic mass is 16.5. The summed E-state index contributed by atoms with van der Waals surface area (Å²) in [5.41, 5.74) is 1.51. The largest absolute Gasteiger partial charge is 0.493 e. The second kappa shape index (κ2) is 13.2. The number of nitrogens with one attached hydrogen (secondary N) is 1. The van der Waals surface area contributed by atoms with Crippen LogP contribution in [0.3, 0.4) is 0 Å². The van der Waals surface area contributed by atoms with E-state index in [1.54, 1.807) is 14.2 Å². The maximum Gasteiger partial charge on any atom is 0.407 e. The first kappa shape index (κ1) is 32.4. The average Bonchev–Trinajstić information content (AvgIpc) is 3.35. The molecule has 7 heteroatoms. The van der Waals surface area contributed by atoms with Gasteiger partial charge in [0.1, 0.15) is 0 Å². The molecule has 1 aromatic rings. The van der Waals surface area contributed by atoms with Crippen LogP contribution in [0.5, 0.6) is 11.5 Å². The number of ether oxygens (including phenoxy) is 3. The predicted octanol–water partition coefficient (Wildman–Crippen LogP) is 6.63. The standard InChI is InChI=1S/C36H57NO6/c1-7-25-29-21-24(38)12-16-36(29,4)28-13-17-35(3)26(9-10-27(35)32(28)33(25)39)22(2)15-19-43-34(40)37-18-14-23-8-11-30(41-5)31(20-23)42-6/h8,11,20,22,24-29,32-33,38-39H,7,9-10,12-19,21H2,1-6H3,(H,37,40)/t22-,24-,25-,26-,27+,28+,29+,32+,33-,35-,36-/m1/s1. The molecule has 1 aromatic carbocycles. The summed E-state index contributed by atoms with van der Waals surface area (Å²) in [7, 11) is 3.24. The Morgan fingerprint density at radius 3 is 2.44 bits per heavy atom. The molecule has 0 bridgehead atoms. The summed E-state index contributed by atoms with van der Waals surface area (Å²) < 4.78 is 16.3. The van der Waals surface area contributed by atoms with E-state index < -0.39 is 0 Å². The number of aliphatic hydroxyl groups is 2. The van der Waals surface area contributed by atoms with Gasteiger partial charge in [-0.1, -0.05) is 40.2 Å². The molecule has 5 rings (SSSR count). The maximum atomic E-state index is 12.4. The summed E-state index contributed by atoms with van der Waals surface area (Å²) in [4.78, 5) is 12.4.